The van der Waals surface area contributed by atoms with E-state index in [0.717, 1.165) is 10.8 Å². The van der Waals surface area contributed by atoms with Gasteiger partial charge < -0.3 is 14.6 Å². The van der Waals surface area contributed by atoms with Gasteiger partial charge in [0.2, 0.25) is 11.5 Å². The van der Waals surface area contributed by atoms with Gasteiger partial charge in [-0.05, 0) is 16.3 Å². The molecule has 0 aliphatic rings. The first-order valence-corrected chi connectivity index (χ1v) is 6.62. The van der Waals surface area contributed by atoms with E-state index < -0.39 is 23.5 Å². The standard InChI is InChI=1S/C18H10O5/c1-2-11-14(16(18(21)22)23-15(11)17(19)20)13-9-5-7-10-6-3-4-8-12(10)13/h1,3-9H,(H,19,20)(H,21,22). The maximum atomic E-state index is 11.5. The third-order valence-electron chi connectivity index (χ3n) is 3.50. The molecule has 0 atom stereocenters. The van der Waals surface area contributed by atoms with Crippen LogP contribution in [-0.2, 0) is 0 Å². The molecule has 2 aromatic carbocycles. The predicted octanol–water partition coefficient (Wildman–Crippen LogP) is 3.48. The Labute approximate surface area is 130 Å². The monoisotopic (exact) mass is 306 g/mol. The summed E-state index contributed by atoms with van der Waals surface area (Å²) in [6.45, 7) is 0. The number of fused-ring (bicyclic) bond motifs is 1. The Morgan fingerprint density at radius 1 is 0.957 bits per heavy atom. The number of rotatable bonds is 3. The fourth-order valence-corrected chi connectivity index (χ4v) is 2.57. The van der Waals surface area contributed by atoms with Crippen LogP contribution in [0.3, 0.4) is 0 Å². The zero-order valence-electron chi connectivity index (χ0n) is 11.7. The predicted molar refractivity (Wildman–Crippen MR) is 83.5 cm³/mol. The van der Waals surface area contributed by atoms with E-state index in [-0.39, 0.29) is 11.1 Å². The maximum absolute atomic E-state index is 11.5. The highest BCUT2D eigenvalue weighted by Gasteiger charge is 2.29. The van der Waals surface area contributed by atoms with E-state index in [0.29, 0.717) is 5.56 Å². The number of hydrogen-bond donors (Lipinski definition) is 2. The average Bonchev–Trinajstić information content (AvgIpc) is 2.94. The molecule has 0 spiro atoms. The Morgan fingerprint density at radius 3 is 2.26 bits per heavy atom. The number of hydrogen-bond acceptors (Lipinski definition) is 3. The fraction of sp³-hybridized carbons (Fsp3) is 0. The molecule has 3 rings (SSSR count). The zero-order chi connectivity index (χ0) is 16.6. The molecule has 0 unspecified atom stereocenters. The van der Waals surface area contributed by atoms with Crippen molar-refractivity contribution in [3.8, 4) is 23.5 Å². The first-order valence-electron chi connectivity index (χ1n) is 6.62. The molecule has 0 aliphatic carbocycles. The van der Waals surface area contributed by atoms with Gasteiger partial charge >= 0.3 is 11.9 Å². The van der Waals surface area contributed by atoms with Crippen molar-refractivity contribution in [3.63, 3.8) is 0 Å². The molecule has 3 aromatic rings. The molecule has 5 nitrogen and oxygen atoms in total. The largest absolute Gasteiger partial charge is 0.475 e. The van der Waals surface area contributed by atoms with Gasteiger partial charge in [-0.25, -0.2) is 9.59 Å². The Balaban J connectivity index is 2.45. The quantitative estimate of drug-likeness (QED) is 0.723. The van der Waals surface area contributed by atoms with Crippen LogP contribution in [0.15, 0.2) is 46.9 Å². The summed E-state index contributed by atoms with van der Waals surface area (Å²) in [5.41, 5.74) is 0.546. The molecular weight excluding hydrogens is 296 g/mol. The van der Waals surface area contributed by atoms with Gasteiger partial charge in [-0.2, -0.15) is 0 Å². The molecule has 23 heavy (non-hydrogen) atoms. The van der Waals surface area contributed by atoms with Gasteiger partial charge in [-0.1, -0.05) is 48.4 Å². The molecule has 0 aliphatic heterocycles. The van der Waals surface area contributed by atoms with E-state index in [9.17, 15) is 19.8 Å². The van der Waals surface area contributed by atoms with E-state index in [2.05, 4.69) is 5.92 Å². The maximum Gasteiger partial charge on any atom is 0.373 e. The third-order valence-corrected chi connectivity index (χ3v) is 3.50. The lowest BCUT2D eigenvalue weighted by atomic mass is 9.95. The van der Waals surface area contributed by atoms with Crippen LogP contribution in [-0.4, -0.2) is 22.2 Å². The van der Waals surface area contributed by atoms with Crippen molar-refractivity contribution >= 4 is 22.7 Å². The summed E-state index contributed by atoms with van der Waals surface area (Å²) in [6, 6.07) is 12.6. The van der Waals surface area contributed by atoms with Crippen LogP contribution >= 0.6 is 0 Å². The summed E-state index contributed by atoms with van der Waals surface area (Å²) < 4.78 is 5.02. The Hall–Kier alpha value is -3.52. The summed E-state index contributed by atoms with van der Waals surface area (Å²) in [6.07, 6.45) is 5.42. The first-order chi connectivity index (χ1) is 11.0. The number of aromatic carboxylic acids is 2. The molecule has 1 heterocycles. The van der Waals surface area contributed by atoms with E-state index in [1.165, 1.54) is 0 Å². The fourth-order valence-electron chi connectivity index (χ4n) is 2.57. The van der Waals surface area contributed by atoms with E-state index in [4.69, 9.17) is 10.8 Å². The van der Waals surface area contributed by atoms with Crippen LogP contribution in [0.5, 0.6) is 0 Å². The molecule has 0 bridgehead atoms. The highest BCUT2D eigenvalue weighted by Crippen LogP contribution is 2.36. The lowest BCUT2D eigenvalue weighted by molar-refractivity contribution is 0.0632. The number of carboxylic acid groups (broad SMARTS) is 2. The van der Waals surface area contributed by atoms with Crippen LogP contribution in [0.1, 0.15) is 26.7 Å². The first kappa shape index (κ1) is 14.4. The van der Waals surface area contributed by atoms with Crippen LogP contribution in [0.4, 0.5) is 0 Å². The molecule has 0 radical (unpaired) electrons. The molecule has 0 amide bonds. The molecule has 2 N–H and O–H groups in total. The third kappa shape index (κ3) is 2.23. The molecule has 0 saturated heterocycles. The van der Waals surface area contributed by atoms with Crippen LogP contribution in [0.25, 0.3) is 21.9 Å². The summed E-state index contributed by atoms with van der Waals surface area (Å²) in [5, 5.41) is 20.2. The number of furan rings is 1. The van der Waals surface area contributed by atoms with Gasteiger partial charge in [0, 0.05) is 0 Å². The molecule has 1 aromatic heterocycles. The normalized spacial score (nSPS) is 10.4. The zero-order valence-corrected chi connectivity index (χ0v) is 11.7. The topological polar surface area (TPSA) is 87.7 Å². The van der Waals surface area contributed by atoms with E-state index >= 15 is 0 Å². The van der Waals surface area contributed by atoms with Crippen molar-refractivity contribution in [2.75, 3.05) is 0 Å². The SMILES string of the molecule is C#Cc1c(C(=O)O)oc(C(=O)O)c1-c1cccc2ccccc12. The van der Waals surface area contributed by atoms with Crippen molar-refractivity contribution in [2.45, 2.75) is 0 Å². The molecule has 0 saturated carbocycles. The number of carbonyl (C=O) groups is 2. The van der Waals surface area contributed by atoms with Gasteiger partial charge in [-0.15, -0.1) is 6.42 Å². The van der Waals surface area contributed by atoms with Gasteiger partial charge in [0.25, 0.3) is 0 Å². The van der Waals surface area contributed by atoms with Crippen molar-refractivity contribution in [1.82, 2.24) is 0 Å². The summed E-state index contributed by atoms with van der Waals surface area (Å²) in [5.74, 6) is -1.57. The van der Waals surface area contributed by atoms with Crippen LogP contribution in [0.2, 0.25) is 0 Å². The van der Waals surface area contributed by atoms with Crippen LogP contribution < -0.4 is 0 Å². The number of benzene rings is 2. The Bertz CT molecular complexity index is 983. The summed E-state index contributed by atoms with van der Waals surface area (Å²) >= 11 is 0. The highest BCUT2D eigenvalue weighted by atomic mass is 16.4. The Morgan fingerprint density at radius 2 is 1.61 bits per heavy atom. The van der Waals surface area contributed by atoms with Gasteiger partial charge in [0.05, 0.1) is 11.1 Å². The smallest absolute Gasteiger partial charge is 0.373 e. The minimum absolute atomic E-state index is 0.0775. The lowest BCUT2D eigenvalue weighted by Crippen LogP contribution is -1.97. The molecule has 5 heteroatoms. The number of carboxylic acids is 2. The summed E-state index contributed by atoms with van der Waals surface area (Å²) in [7, 11) is 0. The summed E-state index contributed by atoms with van der Waals surface area (Å²) in [4.78, 5) is 22.8. The molecular formula is C18H10O5. The Kier molecular flexibility index (Phi) is 3.36. The second-order valence-corrected chi connectivity index (χ2v) is 4.79. The lowest BCUT2D eigenvalue weighted by Gasteiger charge is -2.06. The second kappa shape index (κ2) is 5.35. The van der Waals surface area contributed by atoms with Gasteiger partial charge in [-0.3, -0.25) is 0 Å². The van der Waals surface area contributed by atoms with E-state index in [1.54, 1.807) is 18.2 Å². The minimum atomic E-state index is -1.41. The second-order valence-electron chi connectivity index (χ2n) is 4.79. The van der Waals surface area contributed by atoms with E-state index in [1.807, 2.05) is 24.3 Å². The van der Waals surface area contributed by atoms with Crippen molar-refractivity contribution in [2.24, 2.45) is 0 Å². The van der Waals surface area contributed by atoms with Crippen molar-refractivity contribution < 1.29 is 24.2 Å². The minimum Gasteiger partial charge on any atom is -0.475 e. The van der Waals surface area contributed by atoms with Crippen molar-refractivity contribution in [3.05, 3.63) is 59.5 Å². The van der Waals surface area contributed by atoms with Gasteiger partial charge in [0.1, 0.15) is 0 Å². The van der Waals surface area contributed by atoms with Crippen molar-refractivity contribution in [1.29, 1.82) is 0 Å². The average molecular weight is 306 g/mol. The highest BCUT2D eigenvalue weighted by molar-refractivity contribution is 6.06. The molecule has 112 valence electrons. The van der Waals surface area contributed by atoms with Gasteiger partial charge in [0.15, 0.2) is 0 Å². The molecule has 0 fully saturated rings. The van der Waals surface area contributed by atoms with Crippen LogP contribution in [0, 0.1) is 12.3 Å². The number of terminal acetylenes is 1.